The summed E-state index contributed by atoms with van der Waals surface area (Å²) in [5.41, 5.74) is 4.47. The van der Waals surface area contributed by atoms with E-state index in [0.717, 1.165) is 28.1 Å². The first-order valence-corrected chi connectivity index (χ1v) is 10.9. The topological polar surface area (TPSA) is 52.0 Å². The fourth-order valence-electron chi connectivity index (χ4n) is 3.00. The van der Waals surface area contributed by atoms with Crippen LogP contribution in [0.25, 0.3) is 28.1 Å². The van der Waals surface area contributed by atoms with Gasteiger partial charge in [-0.15, -0.1) is 0 Å². The molecule has 140 valence electrons. The zero-order valence-electron chi connectivity index (χ0n) is 15.1. The highest BCUT2D eigenvalue weighted by Gasteiger charge is 2.15. The molecule has 6 heteroatoms. The summed E-state index contributed by atoms with van der Waals surface area (Å²) in [5, 5.41) is 5.44. The Labute approximate surface area is 169 Å². The van der Waals surface area contributed by atoms with Crippen LogP contribution < -0.4 is 0 Å². The molecule has 0 bridgehead atoms. The van der Waals surface area contributed by atoms with E-state index < -0.39 is 9.84 Å². The van der Waals surface area contributed by atoms with E-state index in [1.807, 2.05) is 77.6 Å². The van der Waals surface area contributed by atoms with Crippen molar-refractivity contribution in [2.75, 3.05) is 6.26 Å². The summed E-state index contributed by atoms with van der Waals surface area (Å²) < 4.78 is 25.3. The average molecular weight is 409 g/mol. The Hall–Kier alpha value is -2.89. The molecule has 0 radical (unpaired) electrons. The summed E-state index contributed by atoms with van der Waals surface area (Å²) in [7, 11) is -3.24. The molecule has 28 heavy (non-hydrogen) atoms. The van der Waals surface area contributed by atoms with Crippen LogP contribution in [0.15, 0.2) is 90.0 Å². The Morgan fingerprint density at radius 2 is 1.43 bits per heavy atom. The molecule has 0 saturated heterocycles. The number of aromatic nitrogens is 2. The van der Waals surface area contributed by atoms with Crippen LogP contribution in [0.4, 0.5) is 0 Å². The second kappa shape index (κ2) is 7.26. The van der Waals surface area contributed by atoms with Crippen LogP contribution in [0, 0.1) is 0 Å². The molecule has 3 aromatic carbocycles. The van der Waals surface area contributed by atoms with Gasteiger partial charge in [0, 0.05) is 28.6 Å². The summed E-state index contributed by atoms with van der Waals surface area (Å²) in [5.74, 6) is 0. The second-order valence-electron chi connectivity index (χ2n) is 6.47. The Bertz CT molecular complexity index is 1210. The predicted octanol–water partition coefficient (Wildman–Crippen LogP) is 5.26. The van der Waals surface area contributed by atoms with Gasteiger partial charge in [0.1, 0.15) is 5.69 Å². The number of hydrogen-bond acceptors (Lipinski definition) is 3. The van der Waals surface area contributed by atoms with Gasteiger partial charge in [-0.3, -0.25) is 0 Å². The highest BCUT2D eigenvalue weighted by atomic mass is 35.5. The van der Waals surface area contributed by atoms with E-state index in [9.17, 15) is 8.42 Å². The van der Waals surface area contributed by atoms with Crippen LogP contribution in [0.1, 0.15) is 0 Å². The first-order chi connectivity index (χ1) is 13.4. The third-order valence-electron chi connectivity index (χ3n) is 4.45. The lowest BCUT2D eigenvalue weighted by Gasteiger charge is -2.04. The molecule has 0 amide bonds. The van der Waals surface area contributed by atoms with E-state index in [4.69, 9.17) is 16.7 Å². The molecule has 0 atom stereocenters. The quantitative estimate of drug-likeness (QED) is 0.462. The maximum atomic E-state index is 11.8. The van der Waals surface area contributed by atoms with E-state index in [2.05, 4.69) is 0 Å². The third-order valence-corrected chi connectivity index (χ3v) is 5.83. The van der Waals surface area contributed by atoms with E-state index in [1.165, 1.54) is 6.26 Å². The minimum atomic E-state index is -3.24. The first-order valence-electron chi connectivity index (χ1n) is 8.63. The van der Waals surface area contributed by atoms with Gasteiger partial charge in [-0.2, -0.15) is 5.10 Å². The van der Waals surface area contributed by atoms with Crippen LogP contribution in [0.5, 0.6) is 0 Å². The van der Waals surface area contributed by atoms with Crippen LogP contribution in [0.2, 0.25) is 5.02 Å². The Morgan fingerprint density at radius 1 is 0.821 bits per heavy atom. The van der Waals surface area contributed by atoms with Crippen molar-refractivity contribution >= 4 is 21.4 Å². The number of para-hydroxylation sites is 1. The normalized spacial score (nSPS) is 11.5. The second-order valence-corrected chi connectivity index (χ2v) is 8.93. The SMILES string of the molecule is CS(=O)(=O)c1ccc(-c2cn(-c3ccccc3)nc2-c2ccc(Cl)cc2)cc1. The molecule has 0 fully saturated rings. The fourth-order valence-corrected chi connectivity index (χ4v) is 3.76. The molecule has 4 aromatic rings. The van der Waals surface area contributed by atoms with Crippen LogP contribution in [0.3, 0.4) is 0 Å². The maximum Gasteiger partial charge on any atom is 0.175 e. The Kier molecular flexibility index (Phi) is 4.79. The van der Waals surface area contributed by atoms with Gasteiger partial charge < -0.3 is 0 Å². The van der Waals surface area contributed by atoms with Crippen LogP contribution >= 0.6 is 11.6 Å². The Morgan fingerprint density at radius 3 is 2.04 bits per heavy atom. The summed E-state index contributed by atoms with van der Waals surface area (Å²) in [4.78, 5) is 0.291. The molecule has 1 aromatic heterocycles. The average Bonchev–Trinajstić information content (AvgIpc) is 3.14. The molecule has 4 rings (SSSR count). The zero-order valence-corrected chi connectivity index (χ0v) is 16.7. The molecule has 0 aliphatic heterocycles. The maximum absolute atomic E-state index is 11.8. The summed E-state index contributed by atoms with van der Waals surface area (Å²) in [6, 6.07) is 24.2. The lowest BCUT2D eigenvalue weighted by atomic mass is 10.0. The van der Waals surface area contributed by atoms with Gasteiger partial charge in [-0.1, -0.05) is 54.1 Å². The number of benzene rings is 3. The molecule has 0 N–H and O–H groups in total. The standard InChI is InChI=1S/C22H17ClN2O2S/c1-28(26,27)20-13-9-16(10-14-20)21-15-25(19-5-3-2-4-6-19)24-22(21)17-7-11-18(23)12-8-17/h2-15H,1H3. The minimum Gasteiger partial charge on any atom is -0.240 e. The Balaban J connectivity index is 1.87. The summed E-state index contributed by atoms with van der Waals surface area (Å²) in [6.45, 7) is 0. The predicted molar refractivity (Wildman–Crippen MR) is 113 cm³/mol. The molecule has 0 aliphatic carbocycles. The van der Waals surface area contributed by atoms with Crippen molar-refractivity contribution in [2.24, 2.45) is 0 Å². The van der Waals surface area contributed by atoms with Crippen molar-refractivity contribution in [3.63, 3.8) is 0 Å². The first kappa shape index (κ1) is 18.5. The number of halogens is 1. The van der Waals surface area contributed by atoms with Crippen molar-refractivity contribution in [1.82, 2.24) is 9.78 Å². The molecule has 4 nitrogen and oxygen atoms in total. The monoisotopic (exact) mass is 408 g/mol. The van der Waals surface area contributed by atoms with Gasteiger partial charge in [0.15, 0.2) is 9.84 Å². The van der Waals surface area contributed by atoms with Gasteiger partial charge in [0.25, 0.3) is 0 Å². The van der Waals surface area contributed by atoms with Crippen LogP contribution in [-0.4, -0.2) is 24.5 Å². The van der Waals surface area contributed by atoms with Gasteiger partial charge >= 0.3 is 0 Å². The number of nitrogens with zero attached hydrogens (tertiary/aromatic N) is 2. The minimum absolute atomic E-state index is 0.291. The molecule has 0 aliphatic rings. The highest BCUT2D eigenvalue weighted by molar-refractivity contribution is 7.90. The number of rotatable bonds is 4. The highest BCUT2D eigenvalue weighted by Crippen LogP contribution is 2.33. The van der Waals surface area contributed by atoms with Crippen molar-refractivity contribution in [3.8, 4) is 28.1 Å². The van der Waals surface area contributed by atoms with Crippen molar-refractivity contribution < 1.29 is 8.42 Å². The molecule has 0 spiro atoms. The number of hydrogen-bond donors (Lipinski definition) is 0. The van der Waals surface area contributed by atoms with E-state index >= 15 is 0 Å². The van der Waals surface area contributed by atoms with Gasteiger partial charge in [0.2, 0.25) is 0 Å². The summed E-state index contributed by atoms with van der Waals surface area (Å²) in [6.07, 6.45) is 3.16. The number of sulfone groups is 1. The zero-order chi connectivity index (χ0) is 19.7. The molecule has 0 saturated carbocycles. The van der Waals surface area contributed by atoms with Crippen molar-refractivity contribution in [2.45, 2.75) is 4.90 Å². The molecular weight excluding hydrogens is 392 g/mol. The smallest absolute Gasteiger partial charge is 0.175 e. The van der Waals surface area contributed by atoms with Gasteiger partial charge in [0.05, 0.1) is 10.6 Å². The van der Waals surface area contributed by atoms with Crippen molar-refractivity contribution in [1.29, 1.82) is 0 Å². The largest absolute Gasteiger partial charge is 0.240 e. The van der Waals surface area contributed by atoms with Crippen LogP contribution in [-0.2, 0) is 9.84 Å². The van der Waals surface area contributed by atoms with E-state index in [0.29, 0.717) is 9.92 Å². The molecule has 1 heterocycles. The van der Waals surface area contributed by atoms with Crippen molar-refractivity contribution in [3.05, 3.63) is 90.1 Å². The summed E-state index contributed by atoms with van der Waals surface area (Å²) >= 11 is 6.03. The van der Waals surface area contributed by atoms with Gasteiger partial charge in [-0.05, 0) is 42.0 Å². The third kappa shape index (κ3) is 3.72. The lowest BCUT2D eigenvalue weighted by molar-refractivity contribution is 0.602. The van der Waals surface area contributed by atoms with E-state index in [-0.39, 0.29) is 0 Å². The molecule has 0 unspecified atom stereocenters. The lowest BCUT2D eigenvalue weighted by Crippen LogP contribution is -1.96. The fraction of sp³-hybridized carbons (Fsp3) is 0.0455. The van der Waals surface area contributed by atoms with E-state index in [1.54, 1.807) is 12.1 Å². The van der Waals surface area contributed by atoms with Gasteiger partial charge in [-0.25, -0.2) is 13.1 Å². The molecular formula is C22H17ClN2O2S.